The number of anilines is 2. The molecule has 0 bridgehead atoms. The first-order valence-electron chi connectivity index (χ1n) is 7.34. The van der Waals surface area contributed by atoms with Gasteiger partial charge in [-0.05, 0) is 31.6 Å². The average Bonchev–Trinajstić information content (AvgIpc) is 3.18. The molecule has 0 atom stereocenters. The van der Waals surface area contributed by atoms with E-state index in [2.05, 4.69) is 29.1 Å². The molecule has 2 rings (SSSR count). The Morgan fingerprint density at radius 3 is 2.60 bits per heavy atom. The van der Waals surface area contributed by atoms with Gasteiger partial charge in [0, 0.05) is 31.7 Å². The van der Waals surface area contributed by atoms with Crippen molar-refractivity contribution in [1.82, 2.24) is 9.97 Å². The van der Waals surface area contributed by atoms with Crippen molar-refractivity contribution in [3.05, 3.63) is 11.4 Å². The number of nitrogens with zero attached hydrogens (tertiary/aromatic N) is 2. The number of rotatable bonds is 7. The minimum Gasteiger partial charge on any atom is -0.385 e. The van der Waals surface area contributed by atoms with E-state index in [1.807, 2.05) is 6.92 Å². The molecule has 20 heavy (non-hydrogen) atoms. The third kappa shape index (κ3) is 3.39. The van der Waals surface area contributed by atoms with Gasteiger partial charge in [0.25, 0.3) is 0 Å². The second-order valence-electron chi connectivity index (χ2n) is 6.19. The molecule has 1 saturated carbocycles. The zero-order valence-corrected chi connectivity index (χ0v) is 13.0. The molecule has 1 aliphatic rings. The van der Waals surface area contributed by atoms with E-state index in [0.29, 0.717) is 11.2 Å². The molecule has 1 fully saturated rings. The first-order valence-corrected chi connectivity index (χ1v) is 7.34. The summed E-state index contributed by atoms with van der Waals surface area (Å²) in [7, 11) is 1.76. The number of hydrogen-bond donors (Lipinski definition) is 2. The summed E-state index contributed by atoms with van der Waals surface area (Å²) in [5.74, 6) is 2.54. The summed E-state index contributed by atoms with van der Waals surface area (Å²) in [5, 5.41) is 3.47. The number of aromatic nitrogens is 2. The van der Waals surface area contributed by atoms with E-state index in [4.69, 9.17) is 10.5 Å². The molecule has 0 radical (unpaired) electrons. The Bertz CT molecular complexity index is 469. The summed E-state index contributed by atoms with van der Waals surface area (Å²) in [5.41, 5.74) is 7.31. The average molecular weight is 278 g/mol. The fourth-order valence-corrected chi connectivity index (χ4v) is 2.26. The first kappa shape index (κ1) is 15.0. The van der Waals surface area contributed by atoms with Gasteiger partial charge in [-0.15, -0.1) is 0 Å². The number of nitrogen functional groups attached to an aromatic ring is 1. The standard InChI is InChI=1S/C15H26N4O/c1-10(2)13-18-12(16)11(3)14(19-13)17-9-15(5-6-15)7-8-20-4/h10H,5-9H2,1-4H3,(H3,16,17,18,19). The maximum atomic E-state index is 5.98. The van der Waals surface area contributed by atoms with Crippen LogP contribution >= 0.6 is 0 Å². The maximum Gasteiger partial charge on any atom is 0.135 e. The number of nitrogens with two attached hydrogens (primary N) is 1. The van der Waals surface area contributed by atoms with Gasteiger partial charge < -0.3 is 15.8 Å². The summed E-state index contributed by atoms with van der Waals surface area (Å²) in [6.45, 7) is 7.88. The fourth-order valence-electron chi connectivity index (χ4n) is 2.26. The van der Waals surface area contributed by atoms with Gasteiger partial charge in [0.05, 0.1) is 0 Å². The Hall–Kier alpha value is -1.36. The normalized spacial score (nSPS) is 16.4. The lowest BCUT2D eigenvalue weighted by Gasteiger charge is -2.18. The first-order chi connectivity index (χ1) is 9.47. The lowest BCUT2D eigenvalue weighted by Crippen LogP contribution is -2.19. The number of ether oxygens (including phenoxy) is 1. The number of hydrogen-bond acceptors (Lipinski definition) is 5. The summed E-state index contributed by atoms with van der Waals surface area (Å²) in [6, 6.07) is 0. The fraction of sp³-hybridized carbons (Fsp3) is 0.733. The van der Waals surface area contributed by atoms with E-state index in [-0.39, 0.29) is 5.92 Å². The van der Waals surface area contributed by atoms with Crippen LogP contribution in [0.4, 0.5) is 11.6 Å². The molecule has 1 heterocycles. The predicted octanol–water partition coefficient (Wildman–Crippen LogP) is 2.72. The zero-order chi connectivity index (χ0) is 14.8. The molecule has 0 unspecified atom stereocenters. The van der Waals surface area contributed by atoms with E-state index < -0.39 is 0 Å². The molecular formula is C15H26N4O. The number of nitrogens with one attached hydrogen (secondary N) is 1. The van der Waals surface area contributed by atoms with Gasteiger partial charge in [-0.25, -0.2) is 9.97 Å². The zero-order valence-electron chi connectivity index (χ0n) is 13.0. The molecular weight excluding hydrogens is 252 g/mol. The highest BCUT2D eigenvalue weighted by molar-refractivity contribution is 5.55. The topological polar surface area (TPSA) is 73.1 Å². The molecule has 1 aromatic heterocycles. The largest absolute Gasteiger partial charge is 0.385 e. The van der Waals surface area contributed by atoms with Crippen LogP contribution in [0.25, 0.3) is 0 Å². The summed E-state index contributed by atoms with van der Waals surface area (Å²) in [6.07, 6.45) is 3.63. The SMILES string of the molecule is COCCC1(CNc2nc(C(C)C)nc(N)c2C)CC1. The molecule has 112 valence electrons. The summed E-state index contributed by atoms with van der Waals surface area (Å²) in [4.78, 5) is 8.96. The van der Waals surface area contributed by atoms with Crippen LogP contribution in [-0.4, -0.2) is 30.2 Å². The third-order valence-corrected chi connectivity index (χ3v) is 4.14. The summed E-state index contributed by atoms with van der Waals surface area (Å²) >= 11 is 0. The molecule has 0 aliphatic heterocycles. The van der Waals surface area contributed by atoms with Crippen LogP contribution < -0.4 is 11.1 Å². The van der Waals surface area contributed by atoms with E-state index in [1.54, 1.807) is 7.11 Å². The minimum absolute atomic E-state index is 0.279. The highest BCUT2D eigenvalue weighted by Gasteiger charge is 2.41. The highest BCUT2D eigenvalue weighted by atomic mass is 16.5. The molecule has 5 nitrogen and oxygen atoms in total. The quantitative estimate of drug-likeness (QED) is 0.802. The van der Waals surface area contributed by atoms with Gasteiger partial charge >= 0.3 is 0 Å². The molecule has 1 aromatic rings. The molecule has 3 N–H and O–H groups in total. The molecule has 0 aromatic carbocycles. The Morgan fingerprint density at radius 1 is 1.35 bits per heavy atom. The van der Waals surface area contributed by atoms with E-state index in [9.17, 15) is 0 Å². The van der Waals surface area contributed by atoms with Crippen molar-refractivity contribution in [3.8, 4) is 0 Å². The van der Waals surface area contributed by atoms with Gasteiger partial charge in [0.1, 0.15) is 17.5 Å². The van der Waals surface area contributed by atoms with Crippen molar-refractivity contribution in [3.63, 3.8) is 0 Å². The van der Waals surface area contributed by atoms with Crippen LogP contribution in [0.5, 0.6) is 0 Å². The van der Waals surface area contributed by atoms with E-state index in [1.165, 1.54) is 12.8 Å². The van der Waals surface area contributed by atoms with Crippen LogP contribution in [0.1, 0.15) is 50.4 Å². The smallest absolute Gasteiger partial charge is 0.135 e. The van der Waals surface area contributed by atoms with Gasteiger partial charge in [0.15, 0.2) is 0 Å². The van der Waals surface area contributed by atoms with Crippen molar-refractivity contribution >= 4 is 11.6 Å². The van der Waals surface area contributed by atoms with Crippen molar-refractivity contribution in [2.24, 2.45) is 5.41 Å². The number of methoxy groups -OCH3 is 1. The lowest BCUT2D eigenvalue weighted by atomic mass is 10.0. The van der Waals surface area contributed by atoms with E-state index in [0.717, 1.165) is 36.8 Å². The van der Waals surface area contributed by atoms with Gasteiger partial charge in [-0.2, -0.15) is 0 Å². The van der Waals surface area contributed by atoms with Gasteiger partial charge in [-0.3, -0.25) is 0 Å². The van der Waals surface area contributed by atoms with Crippen molar-refractivity contribution in [1.29, 1.82) is 0 Å². The van der Waals surface area contributed by atoms with Crippen LogP contribution in [0, 0.1) is 12.3 Å². The van der Waals surface area contributed by atoms with Crippen molar-refractivity contribution in [2.75, 3.05) is 31.3 Å². The van der Waals surface area contributed by atoms with Crippen LogP contribution in [0.3, 0.4) is 0 Å². The highest BCUT2D eigenvalue weighted by Crippen LogP contribution is 2.48. The van der Waals surface area contributed by atoms with Gasteiger partial charge in [-0.1, -0.05) is 13.8 Å². The maximum absolute atomic E-state index is 5.98. The monoisotopic (exact) mass is 278 g/mol. The Labute approximate surface area is 121 Å². The summed E-state index contributed by atoms with van der Waals surface area (Å²) < 4.78 is 5.19. The molecule has 0 saturated heterocycles. The Balaban J connectivity index is 2.05. The molecule has 0 spiro atoms. The Morgan fingerprint density at radius 2 is 2.05 bits per heavy atom. The van der Waals surface area contributed by atoms with Crippen LogP contribution in [-0.2, 0) is 4.74 Å². The Kier molecular flexibility index (Phi) is 4.48. The van der Waals surface area contributed by atoms with Crippen LogP contribution in [0.15, 0.2) is 0 Å². The second-order valence-corrected chi connectivity index (χ2v) is 6.19. The second kappa shape index (κ2) is 5.95. The predicted molar refractivity (Wildman–Crippen MR) is 81.9 cm³/mol. The van der Waals surface area contributed by atoms with Crippen molar-refractivity contribution < 1.29 is 4.74 Å². The van der Waals surface area contributed by atoms with Crippen LogP contribution in [0.2, 0.25) is 0 Å². The lowest BCUT2D eigenvalue weighted by molar-refractivity contribution is 0.175. The molecule has 5 heteroatoms. The van der Waals surface area contributed by atoms with Gasteiger partial charge in [0.2, 0.25) is 0 Å². The molecule has 1 aliphatic carbocycles. The molecule has 0 amide bonds. The third-order valence-electron chi connectivity index (χ3n) is 4.14. The van der Waals surface area contributed by atoms with Crippen molar-refractivity contribution in [2.45, 2.75) is 46.0 Å². The minimum atomic E-state index is 0.279. The van der Waals surface area contributed by atoms with E-state index >= 15 is 0 Å².